The summed E-state index contributed by atoms with van der Waals surface area (Å²) in [4.78, 5) is 26.3. The predicted octanol–water partition coefficient (Wildman–Crippen LogP) is -0.343. The zero-order valence-corrected chi connectivity index (χ0v) is 9.40. The van der Waals surface area contributed by atoms with Gasteiger partial charge in [0.15, 0.2) is 0 Å². The van der Waals surface area contributed by atoms with E-state index in [1.54, 1.807) is 18.2 Å². The summed E-state index contributed by atoms with van der Waals surface area (Å²) in [5, 5.41) is 0.443. The second-order valence-corrected chi connectivity index (χ2v) is 3.59. The van der Waals surface area contributed by atoms with E-state index in [0.717, 1.165) is 4.57 Å². The molecule has 0 aliphatic carbocycles. The van der Waals surface area contributed by atoms with Crippen LogP contribution in [-0.2, 0) is 6.54 Å². The van der Waals surface area contributed by atoms with Gasteiger partial charge in [-0.25, -0.2) is 4.79 Å². The Labute approximate surface area is 96.6 Å². The third kappa shape index (κ3) is 1.94. The van der Waals surface area contributed by atoms with E-state index in [-0.39, 0.29) is 18.6 Å². The molecule has 6 nitrogen and oxygen atoms in total. The van der Waals surface area contributed by atoms with E-state index in [9.17, 15) is 9.59 Å². The summed E-state index contributed by atoms with van der Waals surface area (Å²) >= 11 is 0. The first-order valence-electron chi connectivity index (χ1n) is 5.18. The molecular weight excluding hydrogens is 222 g/mol. The van der Waals surface area contributed by atoms with Crippen molar-refractivity contribution in [3.05, 3.63) is 39.0 Å². The van der Waals surface area contributed by atoms with Gasteiger partial charge in [-0.1, -0.05) is 0 Å². The van der Waals surface area contributed by atoms with Crippen LogP contribution in [0.15, 0.2) is 27.8 Å². The van der Waals surface area contributed by atoms with Gasteiger partial charge in [-0.3, -0.25) is 9.36 Å². The molecule has 0 fully saturated rings. The van der Waals surface area contributed by atoms with Crippen molar-refractivity contribution >= 4 is 10.9 Å². The quantitative estimate of drug-likeness (QED) is 0.761. The fraction of sp³-hybridized carbons (Fsp3) is 0.273. The summed E-state index contributed by atoms with van der Waals surface area (Å²) in [6.45, 7) is 0.445. The number of fused-ring (bicyclic) bond motifs is 1. The molecule has 2 aromatic rings. The highest BCUT2D eigenvalue weighted by atomic mass is 16.5. The maximum atomic E-state index is 12.0. The fourth-order valence-corrected chi connectivity index (χ4v) is 1.69. The number of aromatic amines is 1. The molecule has 2 rings (SSSR count). The van der Waals surface area contributed by atoms with Crippen LogP contribution in [0.25, 0.3) is 10.9 Å². The third-order valence-corrected chi connectivity index (χ3v) is 2.54. The SMILES string of the molecule is COc1ccc2c(=O)n(CCN)c(=O)[nH]c2c1. The van der Waals surface area contributed by atoms with Crippen molar-refractivity contribution in [2.24, 2.45) is 5.73 Å². The molecule has 0 aliphatic rings. The van der Waals surface area contributed by atoms with E-state index < -0.39 is 5.69 Å². The summed E-state index contributed by atoms with van der Waals surface area (Å²) in [6, 6.07) is 4.92. The highest BCUT2D eigenvalue weighted by Crippen LogP contribution is 2.14. The molecule has 0 spiro atoms. The van der Waals surface area contributed by atoms with Crippen LogP contribution in [0.2, 0.25) is 0 Å². The number of nitrogens with zero attached hydrogens (tertiary/aromatic N) is 1. The summed E-state index contributed by atoms with van der Waals surface area (Å²) in [5.74, 6) is 0.587. The Kier molecular flexibility index (Phi) is 2.97. The van der Waals surface area contributed by atoms with Crippen molar-refractivity contribution in [2.45, 2.75) is 6.54 Å². The van der Waals surface area contributed by atoms with Crippen LogP contribution in [0.4, 0.5) is 0 Å². The number of H-pyrrole nitrogens is 1. The summed E-state index contributed by atoms with van der Waals surface area (Å²) < 4.78 is 6.12. The van der Waals surface area contributed by atoms with Crippen LogP contribution in [-0.4, -0.2) is 23.2 Å². The Hall–Kier alpha value is -2.08. The van der Waals surface area contributed by atoms with E-state index in [1.165, 1.54) is 7.11 Å². The molecule has 0 unspecified atom stereocenters. The van der Waals surface area contributed by atoms with Gasteiger partial charge in [-0.05, 0) is 12.1 Å². The molecule has 17 heavy (non-hydrogen) atoms. The van der Waals surface area contributed by atoms with Crippen LogP contribution in [0.1, 0.15) is 0 Å². The summed E-state index contributed by atoms with van der Waals surface area (Å²) in [5.41, 5.74) is 5.03. The standard InChI is InChI=1S/C11H13N3O3/c1-17-7-2-3-8-9(6-7)13-11(16)14(5-4-12)10(8)15/h2-3,6H,4-5,12H2,1H3,(H,13,16). The number of methoxy groups -OCH3 is 1. The summed E-state index contributed by atoms with van der Waals surface area (Å²) in [6.07, 6.45) is 0. The van der Waals surface area contributed by atoms with Crippen molar-refractivity contribution in [1.82, 2.24) is 9.55 Å². The lowest BCUT2D eigenvalue weighted by Gasteiger charge is -2.06. The molecule has 6 heteroatoms. The van der Waals surface area contributed by atoms with Crippen molar-refractivity contribution in [2.75, 3.05) is 13.7 Å². The van der Waals surface area contributed by atoms with Crippen LogP contribution in [0, 0.1) is 0 Å². The topological polar surface area (TPSA) is 90.1 Å². The Bertz CT molecular complexity index is 657. The molecule has 0 saturated heterocycles. The van der Waals surface area contributed by atoms with Gasteiger partial charge in [-0.2, -0.15) is 0 Å². The zero-order chi connectivity index (χ0) is 12.4. The number of ether oxygens (including phenoxy) is 1. The molecule has 3 N–H and O–H groups in total. The van der Waals surface area contributed by atoms with Crippen LogP contribution in [0.3, 0.4) is 0 Å². The van der Waals surface area contributed by atoms with Crippen molar-refractivity contribution < 1.29 is 4.74 Å². The third-order valence-electron chi connectivity index (χ3n) is 2.54. The van der Waals surface area contributed by atoms with Gasteiger partial charge in [0.05, 0.1) is 18.0 Å². The van der Waals surface area contributed by atoms with Crippen LogP contribution < -0.4 is 21.7 Å². The first kappa shape index (κ1) is 11.4. The second kappa shape index (κ2) is 4.42. The number of aromatic nitrogens is 2. The smallest absolute Gasteiger partial charge is 0.328 e. The number of nitrogens with two attached hydrogens (primary N) is 1. The second-order valence-electron chi connectivity index (χ2n) is 3.59. The predicted molar refractivity (Wildman–Crippen MR) is 64.4 cm³/mol. The minimum Gasteiger partial charge on any atom is -0.497 e. The molecular formula is C11H13N3O3. The van der Waals surface area contributed by atoms with Crippen molar-refractivity contribution in [3.63, 3.8) is 0 Å². The fourth-order valence-electron chi connectivity index (χ4n) is 1.69. The molecule has 0 saturated carbocycles. The highest BCUT2D eigenvalue weighted by molar-refractivity contribution is 5.78. The van der Waals surface area contributed by atoms with E-state index >= 15 is 0 Å². The lowest BCUT2D eigenvalue weighted by molar-refractivity contribution is 0.415. The number of hydrogen-bond donors (Lipinski definition) is 2. The van der Waals surface area contributed by atoms with Gasteiger partial charge >= 0.3 is 5.69 Å². The van der Waals surface area contributed by atoms with Gasteiger partial charge in [-0.15, -0.1) is 0 Å². The molecule has 0 radical (unpaired) electrons. The molecule has 1 aromatic heterocycles. The molecule has 0 bridgehead atoms. The molecule has 0 amide bonds. The van der Waals surface area contributed by atoms with Gasteiger partial charge < -0.3 is 15.5 Å². The molecule has 1 aromatic carbocycles. The van der Waals surface area contributed by atoms with Gasteiger partial charge in [0, 0.05) is 19.2 Å². The van der Waals surface area contributed by atoms with Gasteiger partial charge in [0.2, 0.25) is 0 Å². The molecule has 0 atom stereocenters. The molecule has 90 valence electrons. The minimum atomic E-state index is -0.457. The Morgan fingerprint density at radius 2 is 2.18 bits per heavy atom. The molecule has 0 aliphatic heterocycles. The van der Waals surface area contributed by atoms with E-state index in [4.69, 9.17) is 10.5 Å². The van der Waals surface area contributed by atoms with Crippen molar-refractivity contribution in [3.8, 4) is 5.75 Å². The Morgan fingerprint density at radius 3 is 2.82 bits per heavy atom. The average Bonchev–Trinajstić information content (AvgIpc) is 2.33. The average molecular weight is 235 g/mol. The molecule has 1 heterocycles. The Balaban J connectivity index is 2.77. The lowest BCUT2D eigenvalue weighted by atomic mass is 10.2. The summed E-state index contributed by atoms with van der Waals surface area (Å²) in [7, 11) is 1.52. The Morgan fingerprint density at radius 1 is 1.41 bits per heavy atom. The van der Waals surface area contributed by atoms with Crippen LogP contribution >= 0.6 is 0 Å². The highest BCUT2D eigenvalue weighted by Gasteiger charge is 2.07. The van der Waals surface area contributed by atoms with Gasteiger partial charge in [0.1, 0.15) is 5.75 Å². The largest absolute Gasteiger partial charge is 0.497 e. The maximum absolute atomic E-state index is 12.0. The van der Waals surface area contributed by atoms with E-state index in [0.29, 0.717) is 16.7 Å². The van der Waals surface area contributed by atoms with Crippen LogP contribution in [0.5, 0.6) is 5.75 Å². The minimum absolute atomic E-state index is 0.204. The van der Waals surface area contributed by atoms with Gasteiger partial charge in [0.25, 0.3) is 5.56 Å². The normalized spacial score (nSPS) is 10.7. The lowest BCUT2D eigenvalue weighted by Crippen LogP contribution is -2.37. The number of nitrogens with one attached hydrogen (secondary N) is 1. The van der Waals surface area contributed by atoms with E-state index in [1.807, 2.05) is 0 Å². The number of benzene rings is 1. The van der Waals surface area contributed by atoms with Crippen molar-refractivity contribution in [1.29, 1.82) is 0 Å². The van der Waals surface area contributed by atoms with E-state index in [2.05, 4.69) is 4.98 Å². The monoisotopic (exact) mass is 235 g/mol. The first-order valence-corrected chi connectivity index (χ1v) is 5.18. The first-order chi connectivity index (χ1) is 8.17. The maximum Gasteiger partial charge on any atom is 0.328 e. The zero-order valence-electron chi connectivity index (χ0n) is 9.40. The number of hydrogen-bond acceptors (Lipinski definition) is 4. The number of rotatable bonds is 3.